The van der Waals surface area contributed by atoms with E-state index in [1.807, 2.05) is 0 Å². The molecule has 7 heteroatoms. The molecule has 0 aliphatic carbocycles. The highest BCUT2D eigenvalue weighted by atomic mass is 79.9. The normalized spacial score (nSPS) is 14.2. The van der Waals surface area contributed by atoms with Crippen molar-refractivity contribution in [1.29, 1.82) is 0 Å². The molecule has 0 bridgehead atoms. The second kappa shape index (κ2) is 4.41. The minimum absolute atomic E-state index is 0.144. The zero-order chi connectivity index (χ0) is 10.8. The molecular formula is C7H12BrN3O2S. The number of aryl methyl sites for hydroxylation is 1. The number of hydrogen-bond acceptors (Lipinski definition) is 3. The Kier molecular flexibility index (Phi) is 3.68. The van der Waals surface area contributed by atoms with E-state index < -0.39 is 10.0 Å². The van der Waals surface area contributed by atoms with Gasteiger partial charge < -0.3 is 0 Å². The van der Waals surface area contributed by atoms with Gasteiger partial charge in [-0.15, -0.1) is 0 Å². The summed E-state index contributed by atoms with van der Waals surface area (Å²) in [4.78, 5) is 0. The average molecular weight is 282 g/mol. The first-order valence-electron chi connectivity index (χ1n) is 4.03. The van der Waals surface area contributed by atoms with E-state index in [4.69, 9.17) is 0 Å². The molecule has 1 aromatic rings. The zero-order valence-electron chi connectivity index (χ0n) is 7.94. The summed E-state index contributed by atoms with van der Waals surface area (Å²) in [5.41, 5.74) is 0. The third kappa shape index (κ3) is 2.55. The molecule has 80 valence electrons. The van der Waals surface area contributed by atoms with Gasteiger partial charge in [-0.25, -0.2) is 13.1 Å². The van der Waals surface area contributed by atoms with Gasteiger partial charge in [0.05, 0.1) is 6.20 Å². The van der Waals surface area contributed by atoms with Gasteiger partial charge in [0, 0.05) is 18.4 Å². The van der Waals surface area contributed by atoms with Crippen LogP contribution in [0.1, 0.15) is 6.92 Å². The van der Waals surface area contributed by atoms with Crippen LogP contribution in [-0.2, 0) is 17.1 Å². The van der Waals surface area contributed by atoms with Crippen LogP contribution in [0, 0.1) is 0 Å². The largest absolute Gasteiger partial charge is 0.257 e. The molecule has 1 atom stereocenters. The third-order valence-electron chi connectivity index (χ3n) is 1.64. The van der Waals surface area contributed by atoms with Crippen molar-refractivity contribution in [1.82, 2.24) is 14.5 Å². The molecule has 0 saturated carbocycles. The van der Waals surface area contributed by atoms with Crippen molar-refractivity contribution in [2.45, 2.75) is 18.0 Å². The fourth-order valence-corrected chi connectivity index (χ4v) is 2.73. The molecule has 5 nitrogen and oxygen atoms in total. The second-order valence-electron chi connectivity index (χ2n) is 2.97. The van der Waals surface area contributed by atoms with Gasteiger partial charge in [0.2, 0.25) is 0 Å². The molecule has 1 aromatic heterocycles. The lowest BCUT2D eigenvalue weighted by Crippen LogP contribution is -2.34. The number of alkyl halides is 1. The molecule has 14 heavy (non-hydrogen) atoms. The summed E-state index contributed by atoms with van der Waals surface area (Å²) in [6.07, 6.45) is 1.45. The number of nitrogens with zero attached hydrogens (tertiary/aromatic N) is 2. The molecule has 0 fully saturated rings. The van der Waals surface area contributed by atoms with Crippen LogP contribution in [0.3, 0.4) is 0 Å². The van der Waals surface area contributed by atoms with Gasteiger partial charge in [0.15, 0.2) is 5.03 Å². The highest BCUT2D eigenvalue weighted by molar-refractivity contribution is 9.09. The zero-order valence-corrected chi connectivity index (χ0v) is 10.3. The summed E-state index contributed by atoms with van der Waals surface area (Å²) in [5.74, 6) is 0. The van der Waals surface area contributed by atoms with Crippen LogP contribution in [0.15, 0.2) is 17.3 Å². The molecule has 1 heterocycles. The van der Waals surface area contributed by atoms with Gasteiger partial charge in [-0.05, 0) is 13.0 Å². The minimum Gasteiger partial charge on any atom is -0.256 e. The summed E-state index contributed by atoms with van der Waals surface area (Å²) in [7, 11) is -1.85. The Labute approximate surface area is 91.7 Å². The molecular weight excluding hydrogens is 270 g/mol. The van der Waals surface area contributed by atoms with Crippen molar-refractivity contribution >= 4 is 26.0 Å². The smallest absolute Gasteiger partial charge is 0.256 e. The number of sulfonamides is 1. The van der Waals surface area contributed by atoms with Crippen LogP contribution in [0.2, 0.25) is 0 Å². The quantitative estimate of drug-likeness (QED) is 0.817. The van der Waals surface area contributed by atoms with Gasteiger partial charge in [-0.2, -0.15) is 5.10 Å². The maximum Gasteiger partial charge on any atom is 0.257 e. The van der Waals surface area contributed by atoms with Crippen molar-refractivity contribution in [2.75, 3.05) is 5.33 Å². The number of hydrogen-bond donors (Lipinski definition) is 1. The molecule has 0 radical (unpaired) electrons. The molecule has 1 N–H and O–H groups in total. The third-order valence-corrected chi connectivity index (χ3v) is 4.27. The number of halogens is 1. The van der Waals surface area contributed by atoms with Crippen molar-refractivity contribution in [3.8, 4) is 0 Å². The predicted molar refractivity (Wildman–Crippen MR) is 56.8 cm³/mol. The van der Waals surface area contributed by atoms with Crippen LogP contribution in [0.5, 0.6) is 0 Å². The first-order chi connectivity index (χ1) is 6.47. The number of nitrogens with one attached hydrogen (secondary N) is 1. The highest BCUT2D eigenvalue weighted by Gasteiger charge is 2.19. The average Bonchev–Trinajstić information content (AvgIpc) is 2.51. The van der Waals surface area contributed by atoms with Crippen molar-refractivity contribution in [3.63, 3.8) is 0 Å². The molecule has 0 saturated heterocycles. The highest BCUT2D eigenvalue weighted by Crippen LogP contribution is 2.07. The van der Waals surface area contributed by atoms with E-state index in [2.05, 4.69) is 25.8 Å². The number of aromatic nitrogens is 2. The maximum atomic E-state index is 11.7. The fourth-order valence-electron chi connectivity index (χ4n) is 0.982. The Morgan fingerprint density at radius 2 is 2.36 bits per heavy atom. The van der Waals surface area contributed by atoms with Crippen LogP contribution < -0.4 is 4.72 Å². The molecule has 1 unspecified atom stereocenters. The van der Waals surface area contributed by atoms with E-state index in [0.29, 0.717) is 5.33 Å². The summed E-state index contributed by atoms with van der Waals surface area (Å²) in [5, 5.41) is 4.55. The Morgan fingerprint density at radius 1 is 1.71 bits per heavy atom. The molecule has 0 amide bonds. The standard InChI is InChI=1S/C7H12BrN3O2S/c1-6(5-8)10-14(12,13)7-3-4-9-11(7)2/h3-4,6,10H,5H2,1-2H3. The van der Waals surface area contributed by atoms with Gasteiger partial charge in [0.1, 0.15) is 0 Å². The van der Waals surface area contributed by atoms with Crippen LogP contribution in [-0.4, -0.2) is 29.6 Å². The van der Waals surface area contributed by atoms with Gasteiger partial charge in [-0.3, -0.25) is 4.68 Å². The Balaban J connectivity index is 2.92. The first-order valence-corrected chi connectivity index (χ1v) is 6.64. The number of rotatable bonds is 4. The SMILES string of the molecule is CC(CBr)NS(=O)(=O)c1ccnn1C. The lowest BCUT2D eigenvalue weighted by Gasteiger charge is -2.10. The topological polar surface area (TPSA) is 64.0 Å². The van der Waals surface area contributed by atoms with Crippen molar-refractivity contribution < 1.29 is 8.42 Å². The summed E-state index contributed by atoms with van der Waals surface area (Å²) < 4.78 is 27.2. The van der Waals surface area contributed by atoms with Gasteiger partial charge in [-0.1, -0.05) is 15.9 Å². The van der Waals surface area contributed by atoms with E-state index in [0.717, 1.165) is 0 Å². The van der Waals surface area contributed by atoms with Gasteiger partial charge in [0.25, 0.3) is 10.0 Å². The summed E-state index contributed by atoms with van der Waals surface area (Å²) >= 11 is 3.20. The molecule has 0 spiro atoms. The predicted octanol–water partition coefficient (Wildman–Crippen LogP) is 0.482. The monoisotopic (exact) mass is 281 g/mol. The van der Waals surface area contributed by atoms with E-state index in [1.54, 1.807) is 14.0 Å². The first kappa shape index (κ1) is 11.7. The second-order valence-corrected chi connectivity index (χ2v) is 5.28. The molecule has 0 aliphatic rings. The van der Waals surface area contributed by atoms with Crippen LogP contribution >= 0.6 is 15.9 Å². The van der Waals surface area contributed by atoms with Crippen molar-refractivity contribution in [3.05, 3.63) is 12.3 Å². The summed E-state index contributed by atoms with van der Waals surface area (Å²) in [6, 6.07) is 1.32. The van der Waals surface area contributed by atoms with Crippen molar-refractivity contribution in [2.24, 2.45) is 7.05 Å². The molecule has 1 rings (SSSR count). The Bertz CT molecular complexity index is 401. The van der Waals surface area contributed by atoms with Crippen LogP contribution in [0.4, 0.5) is 0 Å². The Morgan fingerprint density at radius 3 is 2.79 bits per heavy atom. The van der Waals surface area contributed by atoms with E-state index in [1.165, 1.54) is 16.9 Å². The molecule has 0 aromatic carbocycles. The van der Waals surface area contributed by atoms with E-state index in [9.17, 15) is 8.42 Å². The maximum absolute atomic E-state index is 11.7. The summed E-state index contributed by atoms with van der Waals surface area (Å²) in [6.45, 7) is 1.78. The minimum atomic E-state index is -3.44. The van der Waals surface area contributed by atoms with E-state index in [-0.39, 0.29) is 11.1 Å². The van der Waals surface area contributed by atoms with Crippen LogP contribution in [0.25, 0.3) is 0 Å². The molecule has 0 aliphatic heterocycles. The lowest BCUT2D eigenvalue weighted by molar-refractivity contribution is 0.554. The Hall–Kier alpha value is -0.400. The fraction of sp³-hybridized carbons (Fsp3) is 0.571. The van der Waals surface area contributed by atoms with E-state index >= 15 is 0 Å². The van der Waals surface area contributed by atoms with Gasteiger partial charge >= 0.3 is 0 Å². The lowest BCUT2D eigenvalue weighted by atomic mass is 10.4.